The minimum Gasteiger partial charge on any atom is -0.395 e. The summed E-state index contributed by atoms with van der Waals surface area (Å²) in [5.74, 6) is 0. The molecule has 0 aromatic carbocycles. The Kier molecular flexibility index (Phi) is 8.74. The van der Waals surface area contributed by atoms with Crippen LogP contribution in [0.5, 0.6) is 0 Å². The van der Waals surface area contributed by atoms with E-state index in [0.717, 1.165) is 26.2 Å². The van der Waals surface area contributed by atoms with Crippen LogP contribution in [0.3, 0.4) is 0 Å². The third-order valence-corrected chi connectivity index (χ3v) is 4.56. The Labute approximate surface area is 126 Å². The maximum atomic E-state index is 9.29. The molecule has 1 aliphatic carbocycles. The molecule has 0 amide bonds. The molecule has 2 N–H and O–H groups in total. The zero-order chi connectivity index (χ0) is 14.8. The van der Waals surface area contributed by atoms with Gasteiger partial charge in [0.2, 0.25) is 0 Å². The Morgan fingerprint density at radius 3 is 2.25 bits per heavy atom. The zero-order valence-corrected chi connectivity index (χ0v) is 14.0. The lowest BCUT2D eigenvalue weighted by molar-refractivity contribution is 0.106. The van der Waals surface area contributed by atoms with Crippen molar-refractivity contribution < 1.29 is 5.11 Å². The summed E-state index contributed by atoms with van der Waals surface area (Å²) in [5, 5.41) is 13.0. The van der Waals surface area contributed by atoms with E-state index < -0.39 is 0 Å². The largest absolute Gasteiger partial charge is 0.395 e. The second-order valence-corrected chi connectivity index (χ2v) is 6.95. The van der Waals surface area contributed by atoms with Gasteiger partial charge in [-0.25, -0.2) is 0 Å². The first-order chi connectivity index (χ1) is 9.62. The number of aliphatic hydroxyl groups is 1. The summed E-state index contributed by atoms with van der Waals surface area (Å²) in [6.07, 6.45) is 9.41. The van der Waals surface area contributed by atoms with E-state index >= 15 is 0 Å². The molecule has 1 fully saturated rings. The van der Waals surface area contributed by atoms with Gasteiger partial charge in [0.25, 0.3) is 0 Å². The van der Waals surface area contributed by atoms with Gasteiger partial charge >= 0.3 is 0 Å². The predicted octanol–water partition coefficient (Wildman–Crippen LogP) is 3.03. The molecule has 3 nitrogen and oxygen atoms in total. The number of hydrogen-bond acceptors (Lipinski definition) is 3. The summed E-state index contributed by atoms with van der Waals surface area (Å²) in [6, 6.07) is 0.563. The average Bonchev–Trinajstić information content (AvgIpc) is 2.63. The molecule has 0 radical (unpaired) electrons. The van der Waals surface area contributed by atoms with Crippen molar-refractivity contribution >= 4 is 0 Å². The van der Waals surface area contributed by atoms with E-state index in [1.165, 1.54) is 44.9 Å². The summed E-state index contributed by atoms with van der Waals surface area (Å²) in [6.45, 7) is 11.2. The van der Waals surface area contributed by atoms with Crippen molar-refractivity contribution in [1.82, 2.24) is 10.2 Å². The number of hydrogen-bond donors (Lipinski definition) is 2. The quantitative estimate of drug-likeness (QED) is 0.639. The van der Waals surface area contributed by atoms with Crippen LogP contribution in [0.1, 0.15) is 65.7 Å². The Morgan fingerprint density at radius 1 is 1.10 bits per heavy atom. The van der Waals surface area contributed by atoms with Crippen molar-refractivity contribution in [1.29, 1.82) is 0 Å². The molecule has 1 rings (SSSR count). The third kappa shape index (κ3) is 6.55. The van der Waals surface area contributed by atoms with Gasteiger partial charge in [0.1, 0.15) is 0 Å². The molecule has 0 aromatic heterocycles. The predicted molar refractivity (Wildman–Crippen MR) is 87.1 cm³/mol. The fraction of sp³-hybridized carbons (Fsp3) is 1.00. The van der Waals surface area contributed by atoms with Crippen LogP contribution in [0.2, 0.25) is 0 Å². The second kappa shape index (κ2) is 9.75. The molecule has 0 atom stereocenters. The van der Waals surface area contributed by atoms with E-state index in [1.54, 1.807) is 0 Å². The lowest BCUT2D eigenvalue weighted by Crippen LogP contribution is -2.46. The molecule has 0 aliphatic heterocycles. The molecule has 0 aromatic rings. The van der Waals surface area contributed by atoms with E-state index in [0.29, 0.717) is 11.5 Å². The first-order valence-corrected chi connectivity index (χ1v) is 8.68. The molecule has 1 aliphatic rings. The van der Waals surface area contributed by atoms with E-state index in [-0.39, 0.29) is 6.61 Å². The van der Waals surface area contributed by atoms with Crippen LogP contribution in [0.15, 0.2) is 0 Å². The lowest BCUT2D eigenvalue weighted by atomic mass is 9.79. The second-order valence-electron chi connectivity index (χ2n) is 6.95. The maximum absolute atomic E-state index is 9.29. The number of nitrogens with zero attached hydrogens (tertiary/aromatic N) is 1. The van der Waals surface area contributed by atoms with Gasteiger partial charge < -0.3 is 15.3 Å². The molecule has 1 saturated carbocycles. The van der Waals surface area contributed by atoms with Gasteiger partial charge in [0.05, 0.1) is 6.61 Å². The van der Waals surface area contributed by atoms with Crippen LogP contribution < -0.4 is 5.32 Å². The van der Waals surface area contributed by atoms with Gasteiger partial charge in [-0.2, -0.15) is 0 Å². The zero-order valence-electron chi connectivity index (χ0n) is 14.0. The van der Waals surface area contributed by atoms with E-state index in [4.69, 9.17) is 0 Å². The number of aliphatic hydroxyl groups excluding tert-OH is 1. The van der Waals surface area contributed by atoms with E-state index in [2.05, 4.69) is 31.0 Å². The summed E-state index contributed by atoms with van der Waals surface area (Å²) in [5.41, 5.74) is 0.422. The first kappa shape index (κ1) is 17.9. The van der Waals surface area contributed by atoms with Crippen LogP contribution >= 0.6 is 0 Å². The molecule has 0 saturated heterocycles. The fourth-order valence-corrected chi connectivity index (χ4v) is 3.49. The van der Waals surface area contributed by atoms with Crippen LogP contribution in [0.4, 0.5) is 0 Å². The van der Waals surface area contributed by atoms with Crippen molar-refractivity contribution in [2.45, 2.75) is 71.8 Å². The fourth-order valence-electron chi connectivity index (χ4n) is 3.49. The van der Waals surface area contributed by atoms with Gasteiger partial charge in [0.15, 0.2) is 0 Å². The summed E-state index contributed by atoms with van der Waals surface area (Å²) < 4.78 is 0. The van der Waals surface area contributed by atoms with Crippen LogP contribution in [-0.4, -0.2) is 48.8 Å². The van der Waals surface area contributed by atoms with Crippen molar-refractivity contribution in [2.75, 3.05) is 32.8 Å². The minimum absolute atomic E-state index is 0.285. The maximum Gasteiger partial charge on any atom is 0.0558 e. The lowest BCUT2D eigenvalue weighted by Gasteiger charge is -2.39. The minimum atomic E-state index is 0.285. The monoisotopic (exact) mass is 284 g/mol. The first-order valence-electron chi connectivity index (χ1n) is 8.68. The smallest absolute Gasteiger partial charge is 0.0558 e. The van der Waals surface area contributed by atoms with Gasteiger partial charge in [-0.15, -0.1) is 0 Å². The topological polar surface area (TPSA) is 35.5 Å². The Hall–Kier alpha value is -0.120. The third-order valence-electron chi connectivity index (χ3n) is 4.56. The molecular weight excluding hydrogens is 248 g/mol. The highest BCUT2D eigenvalue weighted by Crippen LogP contribution is 2.35. The summed E-state index contributed by atoms with van der Waals surface area (Å²) in [7, 11) is 0. The highest BCUT2D eigenvalue weighted by Gasteiger charge is 2.32. The van der Waals surface area contributed by atoms with Gasteiger partial charge in [-0.3, -0.25) is 0 Å². The number of nitrogens with one attached hydrogen (secondary N) is 1. The molecule has 120 valence electrons. The Balaban J connectivity index is 2.67. The SMILES string of the molecule is CCCN(CCO)CC1(CNC(C)C)CCCCCC1. The summed E-state index contributed by atoms with van der Waals surface area (Å²) in [4.78, 5) is 2.48. The molecule has 0 bridgehead atoms. The van der Waals surface area contributed by atoms with Crippen molar-refractivity contribution in [3.05, 3.63) is 0 Å². The average molecular weight is 284 g/mol. The molecule has 3 heteroatoms. The Bertz CT molecular complexity index is 229. The van der Waals surface area contributed by atoms with Crippen LogP contribution in [0.25, 0.3) is 0 Å². The highest BCUT2D eigenvalue weighted by molar-refractivity contribution is 4.87. The molecule has 20 heavy (non-hydrogen) atoms. The highest BCUT2D eigenvalue weighted by atomic mass is 16.3. The van der Waals surface area contributed by atoms with Crippen LogP contribution in [0, 0.1) is 5.41 Å². The molecular formula is C17H36N2O. The normalized spacial score (nSPS) is 19.5. The summed E-state index contributed by atoms with van der Waals surface area (Å²) >= 11 is 0. The van der Waals surface area contributed by atoms with Crippen molar-refractivity contribution in [2.24, 2.45) is 5.41 Å². The van der Waals surface area contributed by atoms with Crippen LogP contribution in [-0.2, 0) is 0 Å². The molecule has 0 unspecified atom stereocenters. The van der Waals surface area contributed by atoms with Crippen molar-refractivity contribution in [3.63, 3.8) is 0 Å². The molecule has 0 spiro atoms. The standard InChI is InChI=1S/C17H36N2O/c1-4-11-19(12-13-20)15-17(14-18-16(2)3)9-7-5-6-8-10-17/h16,18,20H,4-15H2,1-3H3. The van der Waals surface area contributed by atoms with E-state index in [1.807, 2.05) is 0 Å². The number of rotatable bonds is 9. The van der Waals surface area contributed by atoms with Crippen molar-refractivity contribution in [3.8, 4) is 0 Å². The Morgan fingerprint density at radius 2 is 1.75 bits per heavy atom. The van der Waals surface area contributed by atoms with E-state index in [9.17, 15) is 5.11 Å². The van der Waals surface area contributed by atoms with Gasteiger partial charge in [-0.05, 0) is 31.2 Å². The van der Waals surface area contributed by atoms with Gasteiger partial charge in [-0.1, -0.05) is 46.5 Å². The van der Waals surface area contributed by atoms with Gasteiger partial charge in [0, 0.05) is 25.7 Å². The molecule has 0 heterocycles.